The molecule has 1 aliphatic heterocycles. The number of amides is 1. The molecule has 2 unspecified atom stereocenters. The average molecular weight is 311 g/mol. The second-order valence-electron chi connectivity index (χ2n) is 5.30. The largest absolute Gasteiger partial charge is 0.326 e. The van der Waals surface area contributed by atoms with Crippen molar-refractivity contribution in [2.24, 2.45) is 5.92 Å². The van der Waals surface area contributed by atoms with Gasteiger partial charge in [-0.1, -0.05) is 0 Å². The number of nitrogens with one attached hydrogen (secondary N) is 3. The maximum absolute atomic E-state index is 12.2. The number of anilines is 1. The van der Waals surface area contributed by atoms with Crippen LogP contribution >= 0.6 is 0 Å². The highest BCUT2D eigenvalue weighted by molar-refractivity contribution is 7.89. The monoisotopic (exact) mass is 311 g/mol. The Morgan fingerprint density at radius 1 is 1.29 bits per heavy atom. The fraction of sp³-hybridized carbons (Fsp3) is 0.500. The van der Waals surface area contributed by atoms with Gasteiger partial charge in [0.15, 0.2) is 0 Å². The fourth-order valence-corrected chi connectivity index (χ4v) is 3.18. The van der Waals surface area contributed by atoms with Gasteiger partial charge in [0.05, 0.1) is 4.90 Å². The Balaban J connectivity index is 2.02. The van der Waals surface area contributed by atoms with Gasteiger partial charge in [0.1, 0.15) is 0 Å². The maximum atomic E-state index is 12.2. The van der Waals surface area contributed by atoms with Gasteiger partial charge in [-0.2, -0.15) is 0 Å². The normalized spacial score (nSPS) is 22.8. The predicted molar refractivity (Wildman–Crippen MR) is 81.5 cm³/mol. The van der Waals surface area contributed by atoms with E-state index in [1.54, 1.807) is 12.1 Å². The van der Waals surface area contributed by atoms with Crippen LogP contribution in [0.15, 0.2) is 29.2 Å². The summed E-state index contributed by atoms with van der Waals surface area (Å²) in [5, 5.41) is 6.15. The summed E-state index contributed by atoms with van der Waals surface area (Å²) in [6.07, 6.45) is 1.64. The number of rotatable bonds is 4. The van der Waals surface area contributed by atoms with E-state index in [1.165, 1.54) is 19.2 Å². The van der Waals surface area contributed by atoms with Crippen LogP contribution in [-0.4, -0.2) is 34.0 Å². The molecule has 1 aromatic rings. The lowest BCUT2D eigenvalue weighted by molar-refractivity contribution is -0.120. The molecule has 1 amide bonds. The van der Waals surface area contributed by atoms with Gasteiger partial charge in [-0.15, -0.1) is 0 Å². The first-order valence-corrected chi connectivity index (χ1v) is 8.48. The van der Waals surface area contributed by atoms with Gasteiger partial charge in [-0.3, -0.25) is 4.79 Å². The third-order valence-electron chi connectivity index (χ3n) is 3.70. The SMILES string of the molecule is CNS(=O)(=O)c1ccc(NC(=O)C2CCNC(C)C2)cc1. The lowest BCUT2D eigenvalue weighted by atomic mass is 9.92. The Labute approximate surface area is 125 Å². The molecule has 6 nitrogen and oxygen atoms in total. The van der Waals surface area contributed by atoms with Crippen molar-refractivity contribution in [2.45, 2.75) is 30.7 Å². The van der Waals surface area contributed by atoms with E-state index in [1.807, 2.05) is 0 Å². The molecule has 116 valence electrons. The Kier molecular flexibility index (Phi) is 4.97. The number of sulfonamides is 1. The third-order valence-corrected chi connectivity index (χ3v) is 5.13. The highest BCUT2D eigenvalue weighted by atomic mass is 32.2. The number of hydrogen-bond acceptors (Lipinski definition) is 4. The van der Waals surface area contributed by atoms with Crippen molar-refractivity contribution in [1.29, 1.82) is 0 Å². The molecule has 2 rings (SSSR count). The first-order chi connectivity index (χ1) is 9.92. The molecule has 0 spiro atoms. The first kappa shape index (κ1) is 15.9. The standard InChI is InChI=1S/C14H21N3O3S/c1-10-9-11(7-8-16-10)14(18)17-12-3-5-13(6-4-12)21(19,20)15-2/h3-6,10-11,15-16H,7-9H2,1-2H3,(H,17,18). The molecular formula is C14H21N3O3S. The van der Waals surface area contributed by atoms with Crippen LogP contribution in [0, 0.1) is 5.92 Å². The lowest BCUT2D eigenvalue weighted by Crippen LogP contribution is -2.40. The van der Waals surface area contributed by atoms with E-state index in [0.717, 1.165) is 19.4 Å². The summed E-state index contributed by atoms with van der Waals surface area (Å²) in [6, 6.07) is 6.51. The summed E-state index contributed by atoms with van der Waals surface area (Å²) in [4.78, 5) is 12.4. The second-order valence-corrected chi connectivity index (χ2v) is 7.18. The van der Waals surface area contributed by atoms with Crippen molar-refractivity contribution in [3.63, 3.8) is 0 Å². The molecule has 21 heavy (non-hydrogen) atoms. The first-order valence-electron chi connectivity index (χ1n) is 7.00. The van der Waals surface area contributed by atoms with E-state index >= 15 is 0 Å². The number of benzene rings is 1. The van der Waals surface area contributed by atoms with E-state index in [-0.39, 0.29) is 16.7 Å². The molecular weight excluding hydrogens is 290 g/mol. The van der Waals surface area contributed by atoms with Crippen LogP contribution in [0.4, 0.5) is 5.69 Å². The Hall–Kier alpha value is -1.44. The Bertz CT molecular complexity index is 598. The van der Waals surface area contributed by atoms with E-state index in [2.05, 4.69) is 22.3 Å². The fourth-order valence-electron chi connectivity index (χ4n) is 2.45. The maximum Gasteiger partial charge on any atom is 0.240 e. The van der Waals surface area contributed by atoms with Crippen LogP contribution in [-0.2, 0) is 14.8 Å². The molecule has 2 atom stereocenters. The number of piperidine rings is 1. The number of carbonyl (C=O) groups excluding carboxylic acids is 1. The van der Waals surface area contributed by atoms with Gasteiger partial charge in [-0.05, 0) is 57.6 Å². The molecule has 0 aliphatic carbocycles. The molecule has 0 saturated carbocycles. The van der Waals surface area contributed by atoms with E-state index < -0.39 is 10.0 Å². The molecule has 7 heteroatoms. The molecule has 1 aromatic carbocycles. The topological polar surface area (TPSA) is 87.3 Å². The highest BCUT2D eigenvalue weighted by Crippen LogP contribution is 2.19. The average Bonchev–Trinajstić information content (AvgIpc) is 2.48. The van der Waals surface area contributed by atoms with Crippen molar-refractivity contribution < 1.29 is 13.2 Å². The van der Waals surface area contributed by atoms with Gasteiger partial charge in [0, 0.05) is 17.6 Å². The summed E-state index contributed by atoms with van der Waals surface area (Å²) >= 11 is 0. The van der Waals surface area contributed by atoms with Gasteiger partial charge in [0.2, 0.25) is 15.9 Å². The summed E-state index contributed by atoms with van der Waals surface area (Å²) < 4.78 is 25.5. The van der Waals surface area contributed by atoms with Crippen molar-refractivity contribution in [3.05, 3.63) is 24.3 Å². The molecule has 1 saturated heterocycles. The number of carbonyl (C=O) groups is 1. The van der Waals surface area contributed by atoms with E-state index in [9.17, 15) is 13.2 Å². The minimum absolute atomic E-state index is 0.00182. The van der Waals surface area contributed by atoms with Crippen molar-refractivity contribution in [2.75, 3.05) is 18.9 Å². The van der Waals surface area contributed by atoms with Gasteiger partial charge < -0.3 is 10.6 Å². The van der Waals surface area contributed by atoms with Gasteiger partial charge in [0.25, 0.3) is 0 Å². The smallest absolute Gasteiger partial charge is 0.240 e. The zero-order valence-electron chi connectivity index (χ0n) is 12.2. The summed E-state index contributed by atoms with van der Waals surface area (Å²) in [7, 11) is -2.08. The van der Waals surface area contributed by atoms with Gasteiger partial charge in [-0.25, -0.2) is 13.1 Å². The Morgan fingerprint density at radius 2 is 1.95 bits per heavy atom. The van der Waals surface area contributed by atoms with Crippen molar-refractivity contribution in [1.82, 2.24) is 10.0 Å². The van der Waals surface area contributed by atoms with Crippen LogP contribution in [0.1, 0.15) is 19.8 Å². The molecule has 0 aromatic heterocycles. The van der Waals surface area contributed by atoms with E-state index in [0.29, 0.717) is 11.7 Å². The van der Waals surface area contributed by atoms with E-state index in [4.69, 9.17) is 0 Å². The molecule has 1 aliphatic rings. The lowest BCUT2D eigenvalue weighted by Gasteiger charge is -2.27. The molecule has 3 N–H and O–H groups in total. The Morgan fingerprint density at radius 3 is 2.52 bits per heavy atom. The quantitative estimate of drug-likeness (QED) is 0.772. The van der Waals surface area contributed by atoms with Crippen molar-refractivity contribution >= 4 is 21.6 Å². The van der Waals surface area contributed by atoms with Crippen LogP contribution in [0.2, 0.25) is 0 Å². The second kappa shape index (κ2) is 6.55. The van der Waals surface area contributed by atoms with Crippen LogP contribution < -0.4 is 15.4 Å². The van der Waals surface area contributed by atoms with Crippen LogP contribution in [0.3, 0.4) is 0 Å². The summed E-state index contributed by atoms with van der Waals surface area (Å²) in [5.41, 5.74) is 0.612. The molecule has 1 fully saturated rings. The summed E-state index contributed by atoms with van der Waals surface area (Å²) in [6.45, 7) is 2.91. The number of hydrogen-bond donors (Lipinski definition) is 3. The highest BCUT2D eigenvalue weighted by Gasteiger charge is 2.24. The zero-order valence-corrected chi connectivity index (χ0v) is 13.0. The third kappa shape index (κ3) is 4.03. The molecule has 0 radical (unpaired) electrons. The molecule has 0 bridgehead atoms. The van der Waals surface area contributed by atoms with Crippen molar-refractivity contribution in [3.8, 4) is 0 Å². The van der Waals surface area contributed by atoms with Crippen LogP contribution in [0.25, 0.3) is 0 Å². The van der Waals surface area contributed by atoms with Crippen LogP contribution in [0.5, 0.6) is 0 Å². The predicted octanol–water partition coefficient (Wildman–Crippen LogP) is 0.921. The summed E-state index contributed by atoms with van der Waals surface area (Å²) in [5.74, 6) is -0.00505. The zero-order chi connectivity index (χ0) is 15.5. The van der Waals surface area contributed by atoms with Gasteiger partial charge >= 0.3 is 0 Å². The molecule has 1 heterocycles. The minimum atomic E-state index is -3.44. The minimum Gasteiger partial charge on any atom is -0.326 e.